The number of hydrogen-bond acceptors (Lipinski definition) is 7. The van der Waals surface area contributed by atoms with Crippen molar-refractivity contribution in [1.29, 1.82) is 0 Å². The molecule has 9 nitrogen and oxygen atoms in total. The van der Waals surface area contributed by atoms with Gasteiger partial charge in [0, 0.05) is 25.2 Å². The van der Waals surface area contributed by atoms with Crippen LogP contribution in [-0.2, 0) is 14.8 Å². The number of nitrogens with two attached hydrogens (primary N) is 1. The van der Waals surface area contributed by atoms with Crippen LogP contribution < -0.4 is 15.8 Å². The fraction of sp³-hybridized carbons (Fsp3) is 0.462. The second kappa shape index (κ2) is 11.3. The Bertz CT molecular complexity index is 670. The van der Waals surface area contributed by atoms with Crippen LogP contribution >= 0.6 is 24.2 Å². The van der Waals surface area contributed by atoms with Crippen LogP contribution in [0, 0.1) is 10.1 Å². The predicted molar refractivity (Wildman–Crippen MR) is 99.5 cm³/mol. The summed E-state index contributed by atoms with van der Waals surface area (Å²) in [6, 6.07) is 3.90. The number of carbonyl (C=O) groups excluding carboxylic acids is 1. The number of nitrogens with zero attached hydrogens (tertiary/aromatic N) is 1. The van der Waals surface area contributed by atoms with Gasteiger partial charge >= 0.3 is 0 Å². The van der Waals surface area contributed by atoms with Gasteiger partial charge in [0.25, 0.3) is 5.69 Å². The molecule has 1 aromatic rings. The summed E-state index contributed by atoms with van der Waals surface area (Å²) in [7, 11) is -3.79. The highest BCUT2D eigenvalue weighted by Gasteiger charge is 2.16. The highest BCUT2D eigenvalue weighted by Crippen LogP contribution is 2.15. The molecule has 1 aromatic carbocycles. The van der Waals surface area contributed by atoms with Gasteiger partial charge in [-0.15, -0.1) is 12.4 Å². The first-order chi connectivity index (χ1) is 11.3. The average Bonchev–Trinajstić information content (AvgIpc) is 2.56. The summed E-state index contributed by atoms with van der Waals surface area (Å²) in [4.78, 5) is 21.5. The molecule has 1 amide bonds. The molecule has 142 valence electrons. The minimum Gasteiger partial charge on any atom is -0.353 e. The lowest BCUT2D eigenvalue weighted by atomic mass is 10.2. The van der Waals surface area contributed by atoms with Gasteiger partial charge in [-0.05, 0) is 30.6 Å². The topological polar surface area (TPSA) is 144 Å². The molecule has 0 radical (unpaired) electrons. The van der Waals surface area contributed by atoms with E-state index in [0.29, 0.717) is 6.42 Å². The molecule has 0 saturated heterocycles. The van der Waals surface area contributed by atoms with Crippen LogP contribution in [0.25, 0.3) is 0 Å². The number of benzene rings is 1. The molecule has 0 aliphatic heterocycles. The minimum absolute atomic E-state index is 0. The third kappa shape index (κ3) is 8.01. The number of nitrogens with one attached hydrogen (secondary N) is 2. The van der Waals surface area contributed by atoms with E-state index >= 15 is 0 Å². The lowest BCUT2D eigenvalue weighted by Crippen LogP contribution is -2.43. The molecule has 0 aliphatic rings. The van der Waals surface area contributed by atoms with Gasteiger partial charge in [0.1, 0.15) is 0 Å². The minimum atomic E-state index is -3.79. The van der Waals surface area contributed by atoms with Crippen molar-refractivity contribution in [3.05, 3.63) is 34.4 Å². The first-order valence-electron chi connectivity index (χ1n) is 7.04. The third-order valence-electron chi connectivity index (χ3n) is 3.04. The van der Waals surface area contributed by atoms with Crippen molar-refractivity contribution < 1.29 is 18.1 Å². The van der Waals surface area contributed by atoms with Gasteiger partial charge in [0.15, 0.2) is 0 Å². The highest BCUT2D eigenvalue weighted by atomic mass is 35.5. The number of hydrogen-bond donors (Lipinski definition) is 3. The van der Waals surface area contributed by atoms with Crippen molar-refractivity contribution >= 4 is 45.8 Å². The van der Waals surface area contributed by atoms with E-state index in [-0.39, 0.29) is 42.0 Å². The summed E-state index contributed by atoms with van der Waals surface area (Å²) in [5.74, 6) is 0.431. The highest BCUT2D eigenvalue weighted by molar-refractivity contribution is 7.98. The second-order valence-electron chi connectivity index (χ2n) is 4.83. The number of rotatable bonds is 10. The van der Waals surface area contributed by atoms with Gasteiger partial charge in [-0.2, -0.15) is 11.8 Å². The van der Waals surface area contributed by atoms with Gasteiger partial charge < -0.3 is 11.1 Å². The lowest BCUT2D eigenvalue weighted by molar-refractivity contribution is -0.384. The van der Waals surface area contributed by atoms with E-state index in [0.717, 1.165) is 30.0 Å². The molecule has 0 spiro atoms. The van der Waals surface area contributed by atoms with Crippen molar-refractivity contribution in [3.63, 3.8) is 0 Å². The molecule has 4 N–H and O–H groups in total. The fourth-order valence-corrected chi connectivity index (χ4v) is 3.23. The van der Waals surface area contributed by atoms with Crippen LogP contribution in [0.3, 0.4) is 0 Å². The molecule has 0 unspecified atom stereocenters. The van der Waals surface area contributed by atoms with Crippen LogP contribution in [0.15, 0.2) is 29.2 Å². The van der Waals surface area contributed by atoms with Gasteiger partial charge in [-0.25, -0.2) is 13.1 Å². The van der Waals surface area contributed by atoms with E-state index in [4.69, 9.17) is 5.73 Å². The zero-order chi connectivity index (χ0) is 18.2. The van der Waals surface area contributed by atoms with Gasteiger partial charge in [0.05, 0.1) is 15.9 Å². The maximum atomic E-state index is 12.0. The van der Waals surface area contributed by atoms with E-state index < -0.39 is 21.0 Å². The Kier molecular flexibility index (Phi) is 10.6. The molecule has 12 heteroatoms. The molecule has 0 aliphatic carbocycles. The Morgan fingerprint density at radius 3 is 2.44 bits per heavy atom. The van der Waals surface area contributed by atoms with E-state index in [1.807, 2.05) is 6.26 Å². The van der Waals surface area contributed by atoms with E-state index in [2.05, 4.69) is 10.0 Å². The van der Waals surface area contributed by atoms with Crippen LogP contribution in [0.1, 0.15) is 6.42 Å². The third-order valence-corrected chi connectivity index (χ3v) is 5.16. The van der Waals surface area contributed by atoms with Crippen molar-refractivity contribution in [2.75, 3.05) is 25.1 Å². The van der Waals surface area contributed by atoms with Gasteiger partial charge in [0.2, 0.25) is 15.9 Å². The SMILES string of the molecule is CSCC[C@H](N)C(=O)NCCNS(=O)(=O)c1ccc([N+](=O)[O-])cc1.Cl. The quantitative estimate of drug-likeness (QED) is 0.288. The van der Waals surface area contributed by atoms with Crippen LogP contribution in [0.2, 0.25) is 0 Å². The summed E-state index contributed by atoms with van der Waals surface area (Å²) in [6.45, 7) is 0.0817. The molecule has 1 rings (SSSR count). The molecule has 0 aromatic heterocycles. The zero-order valence-corrected chi connectivity index (χ0v) is 16.0. The number of carbonyl (C=O) groups is 1. The molecule has 0 heterocycles. The average molecular weight is 413 g/mol. The number of sulfonamides is 1. The maximum Gasteiger partial charge on any atom is 0.269 e. The van der Waals surface area contributed by atoms with Crippen molar-refractivity contribution in [2.24, 2.45) is 5.73 Å². The smallest absolute Gasteiger partial charge is 0.269 e. The summed E-state index contributed by atoms with van der Waals surface area (Å²) >= 11 is 1.59. The Labute approximate surface area is 156 Å². The number of non-ortho nitro benzene ring substituents is 1. The standard InChI is InChI=1S/C13H20N4O5S2.ClH/c1-23-9-6-12(14)13(18)15-7-8-16-24(21,22)11-4-2-10(3-5-11)17(19)20;/h2-5,12,16H,6-9,14H2,1H3,(H,15,18);1H/t12-;/m0./s1. The molecular formula is C13H21ClN4O5S2. The number of nitro groups is 1. The molecule has 0 bridgehead atoms. The van der Waals surface area contributed by atoms with Crippen molar-refractivity contribution in [2.45, 2.75) is 17.4 Å². The first kappa shape index (κ1) is 23.6. The number of halogens is 1. The molecular weight excluding hydrogens is 392 g/mol. The molecule has 1 atom stereocenters. The summed E-state index contributed by atoms with van der Waals surface area (Å²) in [6.07, 6.45) is 2.46. The van der Waals surface area contributed by atoms with Crippen molar-refractivity contribution in [3.8, 4) is 0 Å². The number of nitro benzene ring substituents is 1. The Morgan fingerprint density at radius 1 is 1.32 bits per heavy atom. The monoisotopic (exact) mass is 412 g/mol. The summed E-state index contributed by atoms with van der Waals surface area (Å²) < 4.78 is 26.3. The molecule has 0 saturated carbocycles. The van der Waals surface area contributed by atoms with Crippen LogP contribution in [-0.4, -0.2) is 50.4 Å². The predicted octanol–water partition coefficient (Wildman–Crippen LogP) is 0.492. The first-order valence-corrected chi connectivity index (χ1v) is 9.92. The van der Waals surface area contributed by atoms with Gasteiger partial charge in [-0.3, -0.25) is 14.9 Å². The number of amides is 1. The van der Waals surface area contributed by atoms with E-state index in [9.17, 15) is 23.3 Å². The Morgan fingerprint density at radius 2 is 1.92 bits per heavy atom. The molecule has 0 fully saturated rings. The van der Waals surface area contributed by atoms with E-state index in [1.165, 1.54) is 0 Å². The summed E-state index contributed by atoms with van der Waals surface area (Å²) in [5.41, 5.74) is 5.49. The lowest BCUT2D eigenvalue weighted by Gasteiger charge is -2.12. The van der Waals surface area contributed by atoms with Crippen molar-refractivity contribution in [1.82, 2.24) is 10.0 Å². The Hall–Kier alpha value is -1.40. The van der Waals surface area contributed by atoms with Crippen LogP contribution in [0.4, 0.5) is 5.69 Å². The maximum absolute atomic E-state index is 12.0. The summed E-state index contributed by atoms with van der Waals surface area (Å²) in [5, 5.41) is 13.1. The normalized spacial score (nSPS) is 12.1. The Balaban J connectivity index is 0.00000576. The largest absolute Gasteiger partial charge is 0.353 e. The molecule has 25 heavy (non-hydrogen) atoms. The van der Waals surface area contributed by atoms with E-state index in [1.54, 1.807) is 11.8 Å². The second-order valence-corrected chi connectivity index (χ2v) is 7.58. The van der Waals surface area contributed by atoms with Crippen LogP contribution in [0.5, 0.6) is 0 Å². The fourth-order valence-electron chi connectivity index (χ4n) is 1.71. The van der Waals surface area contributed by atoms with Gasteiger partial charge in [-0.1, -0.05) is 0 Å². The zero-order valence-electron chi connectivity index (χ0n) is 13.5. The number of thioether (sulfide) groups is 1.